The third-order valence-corrected chi connectivity index (χ3v) is 8.60. The number of carbonyl (C=O) groups is 1. The van der Waals surface area contributed by atoms with Crippen molar-refractivity contribution >= 4 is 23.0 Å². The monoisotopic (exact) mass is 758 g/mol. The fourth-order valence-corrected chi connectivity index (χ4v) is 5.79. The fraction of sp³-hybridized carbons (Fsp3) is 0.314. The molecule has 2 fully saturated rings. The molecule has 0 amide bonds. The molecule has 0 spiro atoms. The summed E-state index contributed by atoms with van der Waals surface area (Å²) in [6, 6.07) is 8.75. The van der Waals surface area contributed by atoms with Gasteiger partial charge in [0.1, 0.15) is 53.0 Å². The molecule has 54 heavy (non-hydrogen) atoms. The fourth-order valence-electron chi connectivity index (χ4n) is 5.79. The number of carbonyl (C=O) groups excluding carboxylic acids is 1. The van der Waals surface area contributed by atoms with E-state index in [2.05, 4.69) is 0 Å². The van der Waals surface area contributed by atoms with E-state index in [1.165, 1.54) is 18.2 Å². The molecule has 0 unspecified atom stereocenters. The summed E-state index contributed by atoms with van der Waals surface area (Å²) in [5.74, 6) is -5.66. The third-order valence-electron chi connectivity index (χ3n) is 8.60. The number of hydrogen-bond donors (Lipinski definition) is 11. The lowest BCUT2D eigenvalue weighted by molar-refractivity contribution is -0.345. The zero-order chi connectivity index (χ0) is 39.0. The molecule has 2 saturated heterocycles. The average molecular weight is 759 g/mol. The minimum atomic E-state index is -2.02. The molecular formula is C35H34O19. The van der Waals surface area contributed by atoms with Gasteiger partial charge in [-0.05, 0) is 42.0 Å². The number of aromatic hydroxyl groups is 6. The lowest BCUT2D eigenvalue weighted by atomic mass is 9.98. The first-order valence-corrected chi connectivity index (χ1v) is 16.0. The standard InChI is InChI=1S/C35H34O19/c36-11-23-27(46)29(48)33(54-34-32(26(45)21(43)12-49-34)52-24(44)6-2-13-1-4-16(38)18(40)7-13)35(51-23)53-31-28(47)25-20(42)9-15(37)10-22(25)50-30(31)14-3-5-17(39)19(41)8-14/h1-10,21,23,26-27,29,32-43,45-46,48H,11-12H2/t21-,23+,26-,27-,29-,32+,33+,34-,35-/m0/s1. The lowest BCUT2D eigenvalue weighted by Crippen LogP contribution is -2.64. The molecule has 2 aliphatic heterocycles. The number of benzene rings is 3. The summed E-state index contributed by atoms with van der Waals surface area (Å²) in [6.45, 7) is -1.49. The van der Waals surface area contributed by atoms with Crippen molar-refractivity contribution in [2.75, 3.05) is 13.2 Å². The van der Waals surface area contributed by atoms with Gasteiger partial charge in [0.2, 0.25) is 17.5 Å². The van der Waals surface area contributed by atoms with Crippen molar-refractivity contribution in [2.24, 2.45) is 0 Å². The quantitative estimate of drug-likeness (QED) is 0.0588. The maximum Gasteiger partial charge on any atom is 0.331 e. The summed E-state index contributed by atoms with van der Waals surface area (Å²) in [6.07, 6.45) is -14.4. The maximum absolute atomic E-state index is 14.0. The van der Waals surface area contributed by atoms with Gasteiger partial charge in [-0.15, -0.1) is 0 Å². The highest BCUT2D eigenvalue weighted by atomic mass is 16.8. The largest absolute Gasteiger partial charge is 0.508 e. The van der Waals surface area contributed by atoms with Crippen LogP contribution in [0.5, 0.6) is 40.2 Å². The summed E-state index contributed by atoms with van der Waals surface area (Å²) in [5, 5.41) is 112. The number of rotatable bonds is 9. The number of hydrogen-bond acceptors (Lipinski definition) is 19. The molecule has 0 saturated carbocycles. The van der Waals surface area contributed by atoms with Crippen molar-refractivity contribution in [2.45, 2.75) is 55.3 Å². The van der Waals surface area contributed by atoms with Crippen LogP contribution < -0.4 is 10.2 Å². The Labute approximate surface area is 302 Å². The second-order valence-electron chi connectivity index (χ2n) is 12.3. The van der Waals surface area contributed by atoms with Gasteiger partial charge in [0, 0.05) is 23.8 Å². The molecule has 0 radical (unpaired) electrons. The highest BCUT2D eigenvalue weighted by Crippen LogP contribution is 2.40. The zero-order valence-corrected chi connectivity index (χ0v) is 27.6. The SMILES string of the molecule is O=C(C=Cc1ccc(O)c(O)c1)O[C@H]1[C@H](O[C@H]2[C@H](Oc3c(-c4ccc(O)c(O)c4)oc4cc(O)cc(O)c4c3=O)O[C@H](CO)[C@H](O)[C@@H]2O)OC[C@H](O)[C@@H]1O. The Bertz CT molecular complexity index is 2110. The number of esters is 1. The van der Waals surface area contributed by atoms with Gasteiger partial charge in [0.15, 0.2) is 47.3 Å². The van der Waals surface area contributed by atoms with Crippen molar-refractivity contribution in [1.29, 1.82) is 0 Å². The molecule has 9 atom stereocenters. The molecule has 288 valence electrons. The molecule has 3 aromatic carbocycles. The Balaban J connectivity index is 1.36. The smallest absolute Gasteiger partial charge is 0.331 e. The zero-order valence-electron chi connectivity index (χ0n) is 27.6. The van der Waals surface area contributed by atoms with E-state index in [4.69, 9.17) is 28.1 Å². The van der Waals surface area contributed by atoms with E-state index in [1.807, 2.05) is 0 Å². The average Bonchev–Trinajstić information content (AvgIpc) is 3.13. The molecule has 11 N–H and O–H groups in total. The van der Waals surface area contributed by atoms with Crippen LogP contribution in [0.2, 0.25) is 0 Å². The first-order chi connectivity index (χ1) is 25.7. The molecule has 4 aromatic rings. The van der Waals surface area contributed by atoms with Gasteiger partial charge in [-0.25, -0.2) is 4.79 Å². The van der Waals surface area contributed by atoms with Crippen LogP contribution in [0.1, 0.15) is 5.56 Å². The predicted octanol–water partition coefficient (Wildman–Crippen LogP) is -0.400. The van der Waals surface area contributed by atoms with Gasteiger partial charge in [-0.3, -0.25) is 4.79 Å². The number of fused-ring (bicyclic) bond motifs is 1. The summed E-state index contributed by atoms with van der Waals surface area (Å²) in [7, 11) is 0. The van der Waals surface area contributed by atoms with E-state index in [-0.39, 0.29) is 16.7 Å². The van der Waals surface area contributed by atoms with Crippen LogP contribution in [-0.4, -0.2) is 131 Å². The van der Waals surface area contributed by atoms with Gasteiger partial charge in [0.05, 0.1) is 13.2 Å². The summed E-state index contributed by atoms with van der Waals surface area (Å²) in [4.78, 5) is 26.8. The molecule has 2 aliphatic rings. The number of ether oxygens (including phenoxy) is 5. The van der Waals surface area contributed by atoms with E-state index in [9.17, 15) is 65.8 Å². The minimum Gasteiger partial charge on any atom is -0.508 e. The van der Waals surface area contributed by atoms with Crippen molar-refractivity contribution in [3.05, 3.63) is 70.4 Å². The number of phenols is 6. The van der Waals surface area contributed by atoms with Crippen molar-refractivity contribution in [1.82, 2.24) is 0 Å². The Kier molecular flexibility index (Phi) is 10.8. The highest BCUT2D eigenvalue weighted by molar-refractivity contribution is 5.89. The van der Waals surface area contributed by atoms with Crippen LogP contribution >= 0.6 is 0 Å². The molecule has 0 bridgehead atoms. The first-order valence-electron chi connectivity index (χ1n) is 16.0. The van der Waals surface area contributed by atoms with Gasteiger partial charge in [0.25, 0.3) is 0 Å². The Morgan fingerprint density at radius 3 is 2.19 bits per heavy atom. The van der Waals surface area contributed by atoms with Gasteiger partial charge >= 0.3 is 5.97 Å². The van der Waals surface area contributed by atoms with Crippen LogP contribution in [-0.2, 0) is 23.7 Å². The van der Waals surface area contributed by atoms with E-state index < -0.39 is 131 Å². The molecule has 1 aromatic heterocycles. The summed E-state index contributed by atoms with van der Waals surface area (Å²) < 4.78 is 34.2. The van der Waals surface area contributed by atoms with Crippen molar-refractivity contribution in [3.8, 4) is 51.6 Å². The van der Waals surface area contributed by atoms with Crippen LogP contribution in [0.25, 0.3) is 28.4 Å². The Morgan fingerprint density at radius 1 is 0.796 bits per heavy atom. The molecule has 6 rings (SSSR count). The normalized spacial score (nSPS) is 27.2. The van der Waals surface area contributed by atoms with Gasteiger partial charge in [-0.2, -0.15) is 0 Å². The molecule has 0 aliphatic carbocycles. The molecule has 3 heterocycles. The topological polar surface area (TPSA) is 316 Å². The molecule has 19 nitrogen and oxygen atoms in total. The second-order valence-corrected chi connectivity index (χ2v) is 12.3. The Morgan fingerprint density at radius 2 is 1.50 bits per heavy atom. The van der Waals surface area contributed by atoms with E-state index >= 15 is 0 Å². The van der Waals surface area contributed by atoms with Crippen molar-refractivity contribution in [3.63, 3.8) is 0 Å². The first kappa shape index (κ1) is 38.1. The van der Waals surface area contributed by atoms with Crippen LogP contribution in [0.3, 0.4) is 0 Å². The Hall–Kier alpha value is -5.64. The number of phenolic OH excluding ortho intramolecular Hbond substituents is 6. The molecular weight excluding hydrogens is 724 g/mol. The number of aliphatic hydroxyl groups is 5. The maximum atomic E-state index is 14.0. The number of aliphatic hydroxyl groups excluding tert-OH is 5. The third kappa shape index (κ3) is 7.56. The van der Waals surface area contributed by atoms with Gasteiger partial charge in [-0.1, -0.05) is 6.07 Å². The van der Waals surface area contributed by atoms with Gasteiger partial charge < -0.3 is 84.3 Å². The highest BCUT2D eigenvalue weighted by Gasteiger charge is 2.51. The van der Waals surface area contributed by atoms with E-state index in [0.29, 0.717) is 0 Å². The van der Waals surface area contributed by atoms with Crippen LogP contribution in [0, 0.1) is 0 Å². The lowest BCUT2D eigenvalue weighted by Gasteiger charge is -2.45. The van der Waals surface area contributed by atoms with E-state index in [1.54, 1.807) is 0 Å². The molecule has 19 heteroatoms. The van der Waals surface area contributed by atoms with Crippen LogP contribution in [0.15, 0.2) is 63.8 Å². The second kappa shape index (κ2) is 15.4. The minimum absolute atomic E-state index is 0.0926. The van der Waals surface area contributed by atoms with E-state index in [0.717, 1.165) is 42.5 Å². The summed E-state index contributed by atoms with van der Waals surface area (Å²) in [5.41, 5.74) is -1.27. The van der Waals surface area contributed by atoms with Crippen molar-refractivity contribution < 1.29 is 89.1 Å². The van der Waals surface area contributed by atoms with Crippen LogP contribution in [0.4, 0.5) is 0 Å². The summed E-state index contributed by atoms with van der Waals surface area (Å²) >= 11 is 0. The predicted molar refractivity (Wildman–Crippen MR) is 178 cm³/mol.